The Labute approximate surface area is 187 Å². The molecule has 2 aromatic heterocycles. The van der Waals surface area contributed by atoms with Gasteiger partial charge in [-0.2, -0.15) is 0 Å². The van der Waals surface area contributed by atoms with Crippen LogP contribution in [0.3, 0.4) is 0 Å². The number of methoxy groups -OCH3 is 1. The standard InChI is InChI=1S/C23H28ClN5O2/c1-15-16(2)29(18-9-6-8-17(24)14-18)22-19(15)21(28-11-4-5-12-28)26-20(27-22)23(30)25-10-7-13-31-3/h6,8-9,14H,4-5,7,10-13H2,1-3H3,(H,25,30). The number of nitrogens with one attached hydrogen (secondary N) is 1. The molecule has 1 fully saturated rings. The van der Waals surface area contributed by atoms with Gasteiger partial charge in [0.15, 0.2) is 5.65 Å². The molecular weight excluding hydrogens is 414 g/mol. The van der Waals surface area contributed by atoms with E-state index in [2.05, 4.69) is 28.6 Å². The summed E-state index contributed by atoms with van der Waals surface area (Å²) in [4.78, 5) is 24.6. The minimum absolute atomic E-state index is 0.188. The summed E-state index contributed by atoms with van der Waals surface area (Å²) in [5, 5.41) is 4.56. The number of ether oxygens (including phenoxy) is 1. The lowest BCUT2D eigenvalue weighted by atomic mass is 10.2. The van der Waals surface area contributed by atoms with Gasteiger partial charge in [0.1, 0.15) is 5.82 Å². The maximum Gasteiger partial charge on any atom is 0.289 e. The zero-order valence-corrected chi connectivity index (χ0v) is 19.0. The minimum Gasteiger partial charge on any atom is -0.385 e. The van der Waals surface area contributed by atoms with E-state index in [1.54, 1.807) is 7.11 Å². The number of anilines is 1. The molecule has 7 nitrogen and oxygen atoms in total. The van der Waals surface area contributed by atoms with Crippen LogP contribution in [-0.2, 0) is 4.74 Å². The topological polar surface area (TPSA) is 72.3 Å². The summed E-state index contributed by atoms with van der Waals surface area (Å²) >= 11 is 6.28. The third kappa shape index (κ3) is 4.25. The monoisotopic (exact) mass is 441 g/mol. The van der Waals surface area contributed by atoms with Crippen LogP contribution in [0.2, 0.25) is 5.02 Å². The van der Waals surface area contributed by atoms with Gasteiger partial charge in [-0.25, -0.2) is 9.97 Å². The highest BCUT2D eigenvalue weighted by atomic mass is 35.5. The van der Waals surface area contributed by atoms with E-state index in [4.69, 9.17) is 26.3 Å². The van der Waals surface area contributed by atoms with Gasteiger partial charge in [0.25, 0.3) is 5.91 Å². The van der Waals surface area contributed by atoms with Crippen LogP contribution >= 0.6 is 11.6 Å². The molecule has 3 heterocycles. The summed E-state index contributed by atoms with van der Waals surface area (Å²) in [6, 6.07) is 7.68. The molecule has 1 aromatic carbocycles. The average Bonchev–Trinajstić information content (AvgIpc) is 3.38. The van der Waals surface area contributed by atoms with Crippen molar-refractivity contribution in [2.75, 3.05) is 38.3 Å². The van der Waals surface area contributed by atoms with E-state index in [1.807, 2.05) is 24.3 Å². The highest BCUT2D eigenvalue weighted by Crippen LogP contribution is 2.35. The fraction of sp³-hybridized carbons (Fsp3) is 0.435. The Morgan fingerprint density at radius 1 is 1.23 bits per heavy atom. The highest BCUT2D eigenvalue weighted by molar-refractivity contribution is 6.30. The van der Waals surface area contributed by atoms with Gasteiger partial charge >= 0.3 is 0 Å². The number of nitrogens with zero attached hydrogens (tertiary/aromatic N) is 4. The van der Waals surface area contributed by atoms with Gasteiger partial charge in [-0.1, -0.05) is 17.7 Å². The summed E-state index contributed by atoms with van der Waals surface area (Å²) < 4.78 is 7.13. The van der Waals surface area contributed by atoms with Crippen molar-refractivity contribution < 1.29 is 9.53 Å². The van der Waals surface area contributed by atoms with Crippen molar-refractivity contribution in [3.05, 3.63) is 46.4 Å². The second kappa shape index (κ2) is 9.24. The molecule has 0 aliphatic carbocycles. The molecule has 0 unspecified atom stereocenters. The molecule has 0 spiro atoms. The van der Waals surface area contributed by atoms with Crippen molar-refractivity contribution in [3.63, 3.8) is 0 Å². The van der Waals surface area contributed by atoms with E-state index < -0.39 is 0 Å². The number of rotatable bonds is 7. The highest BCUT2D eigenvalue weighted by Gasteiger charge is 2.26. The number of fused-ring (bicyclic) bond motifs is 1. The number of hydrogen-bond donors (Lipinski definition) is 1. The van der Waals surface area contributed by atoms with E-state index >= 15 is 0 Å². The number of carbonyl (C=O) groups excluding carboxylic acids is 1. The normalized spacial score (nSPS) is 13.9. The SMILES string of the molecule is COCCCNC(=O)c1nc(N2CCCC2)c2c(C)c(C)n(-c3cccc(Cl)c3)c2n1. The largest absolute Gasteiger partial charge is 0.385 e. The Morgan fingerprint density at radius 2 is 2.00 bits per heavy atom. The lowest BCUT2D eigenvalue weighted by Crippen LogP contribution is -2.28. The average molecular weight is 442 g/mol. The molecule has 8 heteroatoms. The zero-order chi connectivity index (χ0) is 22.0. The zero-order valence-electron chi connectivity index (χ0n) is 18.2. The molecule has 0 radical (unpaired) electrons. The van der Waals surface area contributed by atoms with E-state index in [9.17, 15) is 4.79 Å². The van der Waals surface area contributed by atoms with Crippen molar-refractivity contribution in [2.45, 2.75) is 33.1 Å². The van der Waals surface area contributed by atoms with Gasteiger partial charge < -0.3 is 15.0 Å². The summed E-state index contributed by atoms with van der Waals surface area (Å²) in [6.07, 6.45) is 2.98. The molecule has 0 bridgehead atoms. The maximum absolute atomic E-state index is 12.9. The molecule has 164 valence electrons. The summed E-state index contributed by atoms with van der Waals surface area (Å²) in [6.45, 7) is 7.13. The quantitative estimate of drug-likeness (QED) is 0.560. The first kappa shape index (κ1) is 21.6. The molecule has 1 saturated heterocycles. The van der Waals surface area contributed by atoms with Gasteiger partial charge in [0.05, 0.1) is 5.39 Å². The van der Waals surface area contributed by atoms with Gasteiger partial charge in [-0.15, -0.1) is 0 Å². The van der Waals surface area contributed by atoms with Gasteiger partial charge in [-0.05, 0) is 56.9 Å². The van der Waals surface area contributed by atoms with Crippen LogP contribution in [0.5, 0.6) is 0 Å². The van der Waals surface area contributed by atoms with Crippen molar-refractivity contribution >= 4 is 34.4 Å². The Bertz CT molecular complexity index is 1110. The fourth-order valence-corrected chi connectivity index (χ4v) is 4.31. The second-order valence-corrected chi connectivity index (χ2v) is 8.33. The Kier molecular flexibility index (Phi) is 6.43. The number of hydrogen-bond acceptors (Lipinski definition) is 5. The number of aromatic nitrogens is 3. The maximum atomic E-state index is 12.9. The van der Waals surface area contributed by atoms with E-state index in [-0.39, 0.29) is 11.7 Å². The smallest absolute Gasteiger partial charge is 0.289 e. The van der Waals surface area contributed by atoms with E-state index in [0.29, 0.717) is 18.2 Å². The molecule has 1 N–H and O–H groups in total. The molecule has 1 aliphatic rings. The lowest BCUT2D eigenvalue weighted by Gasteiger charge is -2.19. The number of aryl methyl sites for hydroxylation is 1. The molecule has 1 aliphatic heterocycles. The molecule has 3 aromatic rings. The minimum atomic E-state index is -0.271. The van der Waals surface area contributed by atoms with Crippen molar-refractivity contribution in [1.82, 2.24) is 19.9 Å². The molecule has 1 amide bonds. The first-order chi connectivity index (χ1) is 15.0. The van der Waals surface area contributed by atoms with Crippen molar-refractivity contribution in [2.24, 2.45) is 0 Å². The third-order valence-electron chi connectivity index (χ3n) is 5.82. The van der Waals surface area contributed by atoms with Crippen molar-refractivity contribution in [3.8, 4) is 5.69 Å². The first-order valence-corrected chi connectivity index (χ1v) is 11.1. The van der Waals surface area contributed by atoms with Crippen LogP contribution in [0.4, 0.5) is 5.82 Å². The molecule has 31 heavy (non-hydrogen) atoms. The molecule has 0 saturated carbocycles. The van der Waals surface area contributed by atoms with Crippen LogP contribution < -0.4 is 10.2 Å². The molecular formula is C23H28ClN5O2. The Balaban J connectivity index is 1.86. The summed E-state index contributed by atoms with van der Waals surface area (Å²) in [7, 11) is 1.65. The van der Waals surface area contributed by atoms with Crippen LogP contribution in [0.15, 0.2) is 24.3 Å². The Hall–Kier alpha value is -2.64. The first-order valence-electron chi connectivity index (χ1n) is 10.7. The number of amides is 1. The summed E-state index contributed by atoms with van der Waals surface area (Å²) in [5.74, 6) is 0.756. The van der Waals surface area contributed by atoms with E-state index in [1.165, 1.54) is 0 Å². The summed E-state index contributed by atoms with van der Waals surface area (Å²) in [5.41, 5.74) is 3.82. The predicted octanol–water partition coefficient (Wildman–Crippen LogP) is 4.06. The number of halogens is 1. The lowest BCUT2D eigenvalue weighted by molar-refractivity contribution is 0.0938. The molecule has 4 rings (SSSR count). The fourth-order valence-electron chi connectivity index (χ4n) is 4.13. The third-order valence-corrected chi connectivity index (χ3v) is 6.06. The van der Waals surface area contributed by atoms with Crippen LogP contribution in [0.1, 0.15) is 41.1 Å². The predicted molar refractivity (Wildman–Crippen MR) is 124 cm³/mol. The van der Waals surface area contributed by atoms with Gasteiger partial charge in [0, 0.05) is 49.8 Å². The number of benzene rings is 1. The van der Waals surface area contributed by atoms with Crippen LogP contribution in [0.25, 0.3) is 16.7 Å². The van der Waals surface area contributed by atoms with Crippen molar-refractivity contribution in [1.29, 1.82) is 0 Å². The number of carbonyl (C=O) groups is 1. The van der Waals surface area contributed by atoms with Gasteiger partial charge in [0.2, 0.25) is 5.82 Å². The van der Waals surface area contributed by atoms with Crippen LogP contribution in [0, 0.1) is 13.8 Å². The van der Waals surface area contributed by atoms with Gasteiger partial charge in [-0.3, -0.25) is 9.36 Å². The molecule has 0 atom stereocenters. The second-order valence-electron chi connectivity index (χ2n) is 7.89. The van der Waals surface area contributed by atoms with E-state index in [0.717, 1.165) is 66.1 Å². The Morgan fingerprint density at radius 3 is 2.71 bits per heavy atom. The van der Waals surface area contributed by atoms with Crippen LogP contribution in [-0.4, -0.2) is 53.8 Å².